The van der Waals surface area contributed by atoms with Gasteiger partial charge in [-0.3, -0.25) is 0 Å². The molecule has 84 valence electrons. The highest BCUT2D eigenvalue weighted by Gasteiger charge is 2.13. The van der Waals surface area contributed by atoms with Gasteiger partial charge < -0.3 is 9.84 Å². The van der Waals surface area contributed by atoms with E-state index in [9.17, 15) is 4.79 Å². The molecular formula is C10H12Cl2O3. The number of aliphatic carboxylic acids is 1. The van der Waals surface area contributed by atoms with Gasteiger partial charge in [-0.05, 0) is 37.6 Å². The average Bonchev–Trinajstić information content (AvgIpc) is 2.09. The number of carboxylic acids is 1. The maximum absolute atomic E-state index is 10.5. The van der Waals surface area contributed by atoms with Crippen molar-refractivity contribution in [1.29, 1.82) is 0 Å². The van der Waals surface area contributed by atoms with E-state index < -0.39 is 12.1 Å². The van der Waals surface area contributed by atoms with Crippen LogP contribution in [0.1, 0.15) is 12.5 Å². The van der Waals surface area contributed by atoms with Crippen molar-refractivity contribution in [1.82, 2.24) is 0 Å². The maximum Gasteiger partial charge on any atom is 0.344 e. The number of hydrogen-bond acceptors (Lipinski definition) is 2. The van der Waals surface area contributed by atoms with Gasteiger partial charge in [-0.15, -0.1) is 12.4 Å². The minimum atomic E-state index is -0.987. The van der Waals surface area contributed by atoms with Crippen LogP contribution in [-0.2, 0) is 4.79 Å². The first-order chi connectivity index (χ1) is 6.50. The largest absolute Gasteiger partial charge is 0.479 e. The Morgan fingerprint density at radius 2 is 2.13 bits per heavy atom. The second kappa shape index (κ2) is 5.83. The maximum atomic E-state index is 10.5. The lowest BCUT2D eigenvalue weighted by Crippen LogP contribution is -2.23. The van der Waals surface area contributed by atoms with Gasteiger partial charge in [-0.1, -0.05) is 11.6 Å². The summed E-state index contributed by atoms with van der Waals surface area (Å²) in [6.45, 7) is 3.30. The highest BCUT2D eigenvalue weighted by Crippen LogP contribution is 2.22. The molecule has 0 aliphatic carbocycles. The number of benzene rings is 1. The minimum absolute atomic E-state index is 0. The first-order valence-corrected chi connectivity index (χ1v) is 4.54. The van der Waals surface area contributed by atoms with Crippen LogP contribution in [-0.4, -0.2) is 17.2 Å². The summed E-state index contributed by atoms with van der Waals surface area (Å²) in [7, 11) is 0. The number of carbonyl (C=O) groups is 1. The van der Waals surface area contributed by atoms with Gasteiger partial charge in [-0.25, -0.2) is 4.79 Å². The van der Waals surface area contributed by atoms with Crippen molar-refractivity contribution in [2.45, 2.75) is 20.0 Å². The molecule has 3 nitrogen and oxygen atoms in total. The van der Waals surface area contributed by atoms with E-state index >= 15 is 0 Å². The third-order valence-corrected chi connectivity index (χ3v) is 2.02. The second-order valence-corrected chi connectivity index (χ2v) is 3.44. The zero-order valence-corrected chi connectivity index (χ0v) is 9.93. The van der Waals surface area contributed by atoms with Crippen molar-refractivity contribution in [3.63, 3.8) is 0 Å². The number of carboxylic acid groups (broad SMARTS) is 1. The topological polar surface area (TPSA) is 46.5 Å². The van der Waals surface area contributed by atoms with E-state index in [4.69, 9.17) is 21.4 Å². The van der Waals surface area contributed by atoms with Crippen molar-refractivity contribution < 1.29 is 14.6 Å². The van der Waals surface area contributed by atoms with Gasteiger partial charge in [0.15, 0.2) is 6.10 Å². The molecule has 0 amide bonds. The zero-order valence-electron chi connectivity index (χ0n) is 8.36. The van der Waals surface area contributed by atoms with Gasteiger partial charge >= 0.3 is 5.97 Å². The van der Waals surface area contributed by atoms with E-state index in [2.05, 4.69) is 0 Å². The van der Waals surface area contributed by atoms with Crippen molar-refractivity contribution >= 4 is 30.0 Å². The van der Waals surface area contributed by atoms with Crippen LogP contribution < -0.4 is 4.74 Å². The lowest BCUT2D eigenvalue weighted by Gasteiger charge is -2.12. The molecule has 0 bridgehead atoms. The smallest absolute Gasteiger partial charge is 0.344 e. The molecule has 1 aromatic rings. The van der Waals surface area contributed by atoms with Crippen molar-refractivity contribution in [2.24, 2.45) is 0 Å². The number of rotatable bonds is 3. The fourth-order valence-corrected chi connectivity index (χ4v) is 1.21. The van der Waals surface area contributed by atoms with Crippen LogP contribution in [0.3, 0.4) is 0 Å². The fourth-order valence-electron chi connectivity index (χ4n) is 0.986. The van der Waals surface area contributed by atoms with Gasteiger partial charge in [0.05, 0.1) is 0 Å². The molecule has 15 heavy (non-hydrogen) atoms. The summed E-state index contributed by atoms with van der Waals surface area (Å²) in [5.74, 6) is -0.441. The Hall–Kier alpha value is -0.930. The summed E-state index contributed by atoms with van der Waals surface area (Å²) in [4.78, 5) is 10.5. The van der Waals surface area contributed by atoms with Crippen LogP contribution >= 0.6 is 24.0 Å². The molecular weight excluding hydrogens is 239 g/mol. The van der Waals surface area contributed by atoms with Crippen LogP contribution in [0, 0.1) is 6.92 Å². The molecule has 0 saturated heterocycles. The molecule has 0 fully saturated rings. The highest BCUT2D eigenvalue weighted by molar-refractivity contribution is 6.30. The normalized spacial score (nSPS) is 11.4. The quantitative estimate of drug-likeness (QED) is 0.898. The van der Waals surface area contributed by atoms with Gasteiger partial charge in [0.2, 0.25) is 0 Å². The summed E-state index contributed by atoms with van der Waals surface area (Å²) < 4.78 is 5.20. The van der Waals surface area contributed by atoms with Crippen LogP contribution in [0.4, 0.5) is 0 Å². The summed E-state index contributed by atoms with van der Waals surface area (Å²) in [5, 5.41) is 9.25. The first-order valence-electron chi connectivity index (χ1n) is 4.16. The molecule has 0 radical (unpaired) electrons. The molecule has 1 aromatic carbocycles. The summed E-state index contributed by atoms with van der Waals surface area (Å²) in [5.41, 5.74) is 0.825. The van der Waals surface area contributed by atoms with Crippen molar-refractivity contribution in [3.05, 3.63) is 28.8 Å². The molecule has 1 unspecified atom stereocenters. The van der Waals surface area contributed by atoms with E-state index in [1.165, 1.54) is 6.92 Å². The van der Waals surface area contributed by atoms with E-state index in [1.54, 1.807) is 18.2 Å². The Morgan fingerprint density at radius 1 is 1.53 bits per heavy atom. The predicted molar refractivity (Wildman–Crippen MR) is 61.2 cm³/mol. The molecule has 1 N–H and O–H groups in total. The van der Waals surface area contributed by atoms with Crippen LogP contribution in [0.5, 0.6) is 5.75 Å². The fraction of sp³-hybridized carbons (Fsp3) is 0.300. The molecule has 0 aromatic heterocycles. The van der Waals surface area contributed by atoms with E-state index in [1.807, 2.05) is 6.92 Å². The Labute approximate surface area is 99.4 Å². The average molecular weight is 251 g/mol. The highest BCUT2D eigenvalue weighted by atomic mass is 35.5. The molecule has 1 rings (SSSR count). The summed E-state index contributed by atoms with van der Waals surface area (Å²) in [6, 6.07) is 5.06. The van der Waals surface area contributed by atoms with Gasteiger partial charge in [0.1, 0.15) is 5.75 Å². The molecule has 0 heterocycles. The standard InChI is InChI=1S/C10H11ClO3.ClH/c1-6-5-8(11)3-4-9(6)14-7(2)10(12)13;/h3-5,7H,1-2H3,(H,12,13);1H. The molecule has 0 spiro atoms. The van der Waals surface area contributed by atoms with Crippen LogP contribution in [0.2, 0.25) is 5.02 Å². The Balaban J connectivity index is 0.00000196. The molecule has 5 heteroatoms. The SMILES string of the molecule is Cc1cc(Cl)ccc1OC(C)C(=O)O.Cl. The zero-order chi connectivity index (χ0) is 10.7. The van der Waals surface area contributed by atoms with Crippen LogP contribution in [0.15, 0.2) is 18.2 Å². The van der Waals surface area contributed by atoms with E-state index in [0.717, 1.165) is 5.56 Å². The predicted octanol–water partition coefficient (Wildman–Crippen LogP) is 2.92. The Morgan fingerprint density at radius 3 is 2.60 bits per heavy atom. The molecule has 0 aliphatic rings. The number of ether oxygens (including phenoxy) is 1. The second-order valence-electron chi connectivity index (χ2n) is 3.01. The first kappa shape index (κ1) is 14.1. The van der Waals surface area contributed by atoms with Crippen molar-refractivity contribution in [2.75, 3.05) is 0 Å². The van der Waals surface area contributed by atoms with Crippen LogP contribution in [0.25, 0.3) is 0 Å². The summed E-state index contributed by atoms with van der Waals surface area (Å²) >= 11 is 5.74. The Bertz CT molecular complexity index is 353. The molecule has 1 atom stereocenters. The summed E-state index contributed by atoms with van der Waals surface area (Å²) in [6.07, 6.45) is -0.852. The monoisotopic (exact) mass is 250 g/mol. The minimum Gasteiger partial charge on any atom is -0.479 e. The van der Waals surface area contributed by atoms with Gasteiger partial charge in [-0.2, -0.15) is 0 Å². The third kappa shape index (κ3) is 3.98. The van der Waals surface area contributed by atoms with E-state index in [-0.39, 0.29) is 12.4 Å². The molecule has 0 saturated carbocycles. The lowest BCUT2D eigenvalue weighted by molar-refractivity contribution is -0.144. The third-order valence-electron chi connectivity index (χ3n) is 1.79. The number of hydrogen-bond donors (Lipinski definition) is 1. The van der Waals surface area contributed by atoms with Crippen molar-refractivity contribution in [3.8, 4) is 5.75 Å². The molecule has 0 aliphatic heterocycles. The number of halogens is 2. The van der Waals surface area contributed by atoms with E-state index in [0.29, 0.717) is 10.8 Å². The Kier molecular flexibility index (Phi) is 5.47. The van der Waals surface area contributed by atoms with Gasteiger partial charge in [0.25, 0.3) is 0 Å². The number of aryl methyl sites for hydroxylation is 1. The van der Waals surface area contributed by atoms with Gasteiger partial charge in [0, 0.05) is 5.02 Å². The lowest BCUT2D eigenvalue weighted by atomic mass is 10.2.